The molecule has 1 aliphatic rings. The number of alkyl halides is 2. The zero-order valence-corrected chi connectivity index (χ0v) is 12.2. The molecule has 0 spiro atoms. The standard InChI is InChI=1S/C12H12Cl3NO2/c1-6-3-9(10(18-2)4-8(6)13)16-11(17)7-5-12(7,14)15/h3-4,7H,5H2,1-2H3,(H,16,17). The summed E-state index contributed by atoms with van der Waals surface area (Å²) >= 11 is 17.7. The molecule has 6 heteroatoms. The third-order valence-corrected chi connectivity index (χ3v) is 4.12. The molecule has 3 nitrogen and oxygen atoms in total. The summed E-state index contributed by atoms with van der Waals surface area (Å²) in [7, 11) is 1.52. The molecule has 1 saturated carbocycles. The van der Waals surface area contributed by atoms with Crippen molar-refractivity contribution in [1.82, 2.24) is 0 Å². The molecule has 1 unspecified atom stereocenters. The topological polar surface area (TPSA) is 38.3 Å². The summed E-state index contributed by atoms with van der Waals surface area (Å²) in [5, 5.41) is 3.34. The number of benzene rings is 1. The molecule has 2 rings (SSSR count). The highest BCUT2D eigenvalue weighted by atomic mass is 35.5. The van der Waals surface area contributed by atoms with Crippen LogP contribution >= 0.6 is 34.8 Å². The van der Waals surface area contributed by atoms with Gasteiger partial charge in [0.1, 0.15) is 10.1 Å². The van der Waals surface area contributed by atoms with E-state index >= 15 is 0 Å². The Morgan fingerprint density at radius 3 is 2.61 bits per heavy atom. The predicted molar refractivity (Wildman–Crippen MR) is 73.9 cm³/mol. The van der Waals surface area contributed by atoms with Crippen molar-refractivity contribution < 1.29 is 9.53 Å². The maximum atomic E-state index is 11.9. The number of halogens is 3. The molecule has 1 aromatic rings. The second-order valence-corrected chi connectivity index (χ2v) is 6.26. The fraction of sp³-hybridized carbons (Fsp3) is 0.417. The van der Waals surface area contributed by atoms with Crippen LogP contribution in [-0.4, -0.2) is 17.4 Å². The van der Waals surface area contributed by atoms with E-state index in [9.17, 15) is 4.79 Å². The van der Waals surface area contributed by atoms with Crippen LogP contribution in [-0.2, 0) is 4.79 Å². The van der Waals surface area contributed by atoms with Crippen LogP contribution in [0.25, 0.3) is 0 Å². The average molecular weight is 309 g/mol. The van der Waals surface area contributed by atoms with Crippen molar-refractivity contribution in [3.63, 3.8) is 0 Å². The zero-order valence-electron chi connectivity index (χ0n) is 9.89. The maximum Gasteiger partial charge on any atom is 0.230 e. The van der Waals surface area contributed by atoms with Gasteiger partial charge in [0.25, 0.3) is 0 Å². The summed E-state index contributed by atoms with van der Waals surface area (Å²) in [6.07, 6.45) is 0.469. The van der Waals surface area contributed by atoms with Crippen LogP contribution in [0.15, 0.2) is 12.1 Å². The Balaban J connectivity index is 2.19. The molecule has 1 amide bonds. The molecule has 0 heterocycles. The van der Waals surface area contributed by atoms with Crippen molar-refractivity contribution in [2.45, 2.75) is 17.7 Å². The zero-order chi connectivity index (χ0) is 13.5. The number of anilines is 1. The van der Waals surface area contributed by atoms with Crippen LogP contribution in [0.1, 0.15) is 12.0 Å². The van der Waals surface area contributed by atoms with Crippen molar-refractivity contribution in [2.75, 3.05) is 12.4 Å². The van der Waals surface area contributed by atoms with Gasteiger partial charge in [-0.1, -0.05) is 11.6 Å². The minimum absolute atomic E-state index is 0.208. The van der Waals surface area contributed by atoms with Gasteiger partial charge in [0.2, 0.25) is 5.91 Å². The molecule has 18 heavy (non-hydrogen) atoms. The normalized spacial score (nSPS) is 20.4. The van der Waals surface area contributed by atoms with Gasteiger partial charge in [-0.25, -0.2) is 0 Å². The molecular weight excluding hydrogens is 296 g/mol. The number of nitrogens with one attached hydrogen (secondary N) is 1. The van der Waals surface area contributed by atoms with E-state index in [0.29, 0.717) is 22.9 Å². The van der Waals surface area contributed by atoms with E-state index in [1.54, 1.807) is 12.1 Å². The molecule has 1 aromatic carbocycles. The van der Waals surface area contributed by atoms with E-state index in [0.717, 1.165) is 5.56 Å². The van der Waals surface area contributed by atoms with E-state index < -0.39 is 4.33 Å². The average Bonchev–Trinajstić information content (AvgIpc) is 2.93. The minimum Gasteiger partial charge on any atom is -0.495 e. The van der Waals surface area contributed by atoms with Gasteiger partial charge in [-0.2, -0.15) is 0 Å². The van der Waals surface area contributed by atoms with Gasteiger partial charge in [0, 0.05) is 11.1 Å². The number of aryl methyl sites for hydroxylation is 1. The molecule has 0 aliphatic heterocycles. The molecular formula is C12H12Cl3NO2. The number of amides is 1. The monoisotopic (exact) mass is 307 g/mol. The molecule has 0 aromatic heterocycles. The number of ether oxygens (including phenoxy) is 1. The molecule has 0 saturated heterocycles. The number of hydrogen-bond donors (Lipinski definition) is 1. The molecule has 1 aliphatic carbocycles. The second-order valence-electron chi connectivity index (χ2n) is 4.31. The summed E-state index contributed by atoms with van der Waals surface area (Å²) < 4.78 is 4.24. The number of rotatable bonds is 3. The van der Waals surface area contributed by atoms with Gasteiger partial charge < -0.3 is 10.1 Å². The third-order valence-electron chi connectivity index (χ3n) is 2.88. The van der Waals surface area contributed by atoms with Gasteiger partial charge in [0.15, 0.2) is 0 Å². The first-order valence-electron chi connectivity index (χ1n) is 5.38. The molecule has 1 N–H and O–H groups in total. The first-order chi connectivity index (χ1) is 8.35. The maximum absolute atomic E-state index is 11.9. The number of carbonyl (C=O) groups excluding carboxylic acids is 1. The highest BCUT2D eigenvalue weighted by molar-refractivity contribution is 6.52. The lowest BCUT2D eigenvalue weighted by Gasteiger charge is -2.12. The Morgan fingerprint density at radius 2 is 2.11 bits per heavy atom. The Morgan fingerprint density at radius 1 is 1.50 bits per heavy atom. The van der Waals surface area contributed by atoms with Crippen molar-refractivity contribution >= 4 is 46.4 Å². The van der Waals surface area contributed by atoms with Crippen LogP contribution in [0.3, 0.4) is 0 Å². The van der Waals surface area contributed by atoms with Gasteiger partial charge >= 0.3 is 0 Å². The van der Waals surface area contributed by atoms with E-state index in [1.165, 1.54) is 7.11 Å². The quantitative estimate of drug-likeness (QED) is 0.863. The first kappa shape index (κ1) is 13.8. The smallest absolute Gasteiger partial charge is 0.230 e. The molecule has 0 radical (unpaired) electrons. The molecule has 1 fully saturated rings. The van der Waals surface area contributed by atoms with Gasteiger partial charge in [-0.05, 0) is 25.0 Å². The van der Waals surface area contributed by atoms with Crippen molar-refractivity contribution in [2.24, 2.45) is 5.92 Å². The first-order valence-corrected chi connectivity index (χ1v) is 6.51. The van der Waals surface area contributed by atoms with E-state index in [-0.39, 0.29) is 11.8 Å². The Hall–Kier alpha value is -0.640. The minimum atomic E-state index is -0.932. The second kappa shape index (κ2) is 4.80. The van der Waals surface area contributed by atoms with Gasteiger partial charge in [-0.15, -0.1) is 23.2 Å². The number of hydrogen-bond acceptors (Lipinski definition) is 2. The summed E-state index contributed by atoms with van der Waals surface area (Å²) in [4.78, 5) is 11.9. The lowest BCUT2D eigenvalue weighted by molar-refractivity contribution is -0.117. The molecule has 0 bridgehead atoms. The van der Waals surface area contributed by atoms with Crippen LogP contribution in [0.4, 0.5) is 5.69 Å². The SMILES string of the molecule is COc1cc(Cl)c(C)cc1NC(=O)C1CC1(Cl)Cl. The van der Waals surface area contributed by atoms with Crippen LogP contribution in [0.2, 0.25) is 5.02 Å². The summed E-state index contributed by atoms with van der Waals surface area (Å²) in [6.45, 7) is 1.85. The Kier molecular flexibility index (Phi) is 3.67. The van der Waals surface area contributed by atoms with Crippen molar-refractivity contribution in [3.8, 4) is 5.75 Å². The Bertz CT molecular complexity index is 502. The predicted octanol–water partition coefficient (Wildman–Crippen LogP) is 3.79. The fourth-order valence-corrected chi connectivity index (χ4v) is 2.31. The van der Waals surface area contributed by atoms with Crippen LogP contribution in [0.5, 0.6) is 5.75 Å². The van der Waals surface area contributed by atoms with Gasteiger partial charge in [0.05, 0.1) is 18.7 Å². The van der Waals surface area contributed by atoms with Crippen molar-refractivity contribution in [1.29, 1.82) is 0 Å². The summed E-state index contributed by atoms with van der Waals surface area (Å²) in [6, 6.07) is 3.42. The number of methoxy groups -OCH3 is 1. The van der Waals surface area contributed by atoms with E-state index in [4.69, 9.17) is 39.5 Å². The van der Waals surface area contributed by atoms with Gasteiger partial charge in [-0.3, -0.25) is 4.79 Å². The Labute approximate surface area is 120 Å². The highest BCUT2D eigenvalue weighted by Crippen LogP contribution is 2.53. The van der Waals surface area contributed by atoms with Crippen LogP contribution in [0, 0.1) is 12.8 Å². The number of carbonyl (C=O) groups is 1. The highest BCUT2D eigenvalue weighted by Gasteiger charge is 2.56. The molecule has 98 valence electrons. The molecule has 1 atom stereocenters. The third kappa shape index (κ3) is 2.68. The van der Waals surface area contributed by atoms with E-state index in [2.05, 4.69) is 5.32 Å². The van der Waals surface area contributed by atoms with Crippen LogP contribution < -0.4 is 10.1 Å². The lowest BCUT2D eigenvalue weighted by atomic mass is 10.2. The fourth-order valence-electron chi connectivity index (χ4n) is 1.65. The summed E-state index contributed by atoms with van der Waals surface area (Å²) in [5.41, 5.74) is 1.42. The summed E-state index contributed by atoms with van der Waals surface area (Å²) in [5.74, 6) is -0.0732. The van der Waals surface area contributed by atoms with Crippen molar-refractivity contribution in [3.05, 3.63) is 22.7 Å². The lowest BCUT2D eigenvalue weighted by Crippen LogP contribution is -2.17. The van der Waals surface area contributed by atoms with E-state index in [1.807, 2.05) is 6.92 Å². The largest absolute Gasteiger partial charge is 0.495 e.